The Morgan fingerprint density at radius 2 is 1.96 bits per heavy atom. The number of rotatable bonds is 9. The molecule has 0 aliphatic heterocycles. The van der Waals surface area contributed by atoms with Gasteiger partial charge in [-0.2, -0.15) is 0 Å². The molecule has 0 fully saturated rings. The summed E-state index contributed by atoms with van der Waals surface area (Å²) in [6.45, 7) is 7.12. The minimum atomic E-state index is -0.285. The molecule has 7 nitrogen and oxygen atoms in total. The summed E-state index contributed by atoms with van der Waals surface area (Å²) >= 11 is 0. The van der Waals surface area contributed by atoms with Gasteiger partial charge in [0.05, 0.1) is 12.3 Å². The molecular weight excluding hydrogens is 294 g/mol. The number of anilines is 1. The fraction of sp³-hybridized carbons (Fsp3) is 0.562. The molecule has 0 aromatic heterocycles. The summed E-state index contributed by atoms with van der Waals surface area (Å²) in [7, 11) is 1.56. The molecule has 0 heterocycles. The van der Waals surface area contributed by atoms with Crippen LogP contribution in [0.5, 0.6) is 5.75 Å². The summed E-state index contributed by atoms with van der Waals surface area (Å²) in [4.78, 5) is 11.4. The van der Waals surface area contributed by atoms with Gasteiger partial charge in [-0.3, -0.25) is 0 Å². The number of urea groups is 1. The van der Waals surface area contributed by atoms with Crippen LogP contribution < -0.4 is 32.2 Å². The van der Waals surface area contributed by atoms with Gasteiger partial charge in [0.2, 0.25) is 0 Å². The van der Waals surface area contributed by atoms with Gasteiger partial charge in [0.25, 0.3) is 0 Å². The quantitative estimate of drug-likeness (QED) is 0.438. The molecule has 0 spiro atoms. The first-order valence-corrected chi connectivity index (χ1v) is 8.06. The van der Waals surface area contributed by atoms with Gasteiger partial charge in [0.1, 0.15) is 5.75 Å². The summed E-state index contributed by atoms with van der Waals surface area (Å²) in [6, 6.07) is 5.38. The Bertz CT molecular complexity index is 440. The molecule has 0 saturated carbocycles. The molecular formula is C16H31N5O2. The predicted molar refractivity (Wildman–Crippen MR) is 95.8 cm³/mol. The molecule has 7 heteroatoms. The summed E-state index contributed by atoms with van der Waals surface area (Å²) in [5, 5.41) is 8.46. The molecule has 1 aromatic carbocycles. The Hall–Kier alpha value is -1.83. The smallest absolute Gasteiger partial charge is 0.319 e. The minimum Gasteiger partial charge on any atom is -0.491 e. The molecule has 0 aliphatic rings. The van der Waals surface area contributed by atoms with Gasteiger partial charge in [-0.1, -0.05) is 19.9 Å². The molecule has 7 N–H and O–H groups in total. The van der Waals surface area contributed by atoms with E-state index in [1.165, 1.54) is 0 Å². The van der Waals surface area contributed by atoms with Crippen LogP contribution in [0.2, 0.25) is 0 Å². The topological polar surface area (TPSA) is 114 Å². The lowest BCUT2D eigenvalue weighted by molar-refractivity contribution is 0.253. The van der Waals surface area contributed by atoms with E-state index in [2.05, 4.69) is 16.0 Å². The van der Waals surface area contributed by atoms with Crippen LogP contribution in [0.3, 0.4) is 0 Å². The van der Waals surface area contributed by atoms with Crippen molar-refractivity contribution in [1.82, 2.24) is 10.6 Å². The normalized spacial score (nSPS) is 9.61. The van der Waals surface area contributed by atoms with Crippen molar-refractivity contribution in [3.63, 3.8) is 0 Å². The van der Waals surface area contributed by atoms with E-state index in [9.17, 15) is 4.79 Å². The van der Waals surface area contributed by atoms with Crippen molar-refractivity contribution < 1.29 is 9.53 Å². The average Bonchev–Trinajstić information content (AvgIpc) is 2.59. The van der Waals surface area contributed by atoms with Crippen molar-refractivity contribution in [3.8, 4) is 5.75 Å². The number of nitrogens with one attached hydrogen (secondary N) is 3. The molecule has 132 valence electrons. The second kappa shape index (κ2) is 13.8. The van der Waals surface area contributed by atoms with Gasteiger partial charge in [-0.15, -0.1) is 0 Å². The Kier molecular flexibility index (Phi) is 12.7. The highest BCUT2D eigenvalue weighted by molar-refractivity contribution is 5.90. The van der Waals surface area contributed by atoms with Crippen LogP contribution >= 0.6 is 0 Å². The van der Waals surface area contributed by atoms with Crippen LogP contribution in [0.25, 0.3) is 0 Å². The second-order valence-corrected chi connectivity index (χ2v) is 4.49. The zero-order valence-electron chi connectivity index (χ0n) is 14.4. The lowest BCUT2D eigenvalue weighted by Gasteiger charge is -2.14. The van der Waals surface area contributed by atoms with Crippen LogP contribution in [0, 0.1) is 0 Å². The molecule has 23 heavy (non-hydrogen) atoms. The molecule has 0 saturated heterocycles. The molecule has 1 rings (SSSR count). The first-order chi connectivity index (χ1) is 11.2. The first kappa shape index (κ1) is 21.2. The maximum atomic E-state index is 11.4. The Morgan fingerprint density at radius 3 is 2.57 bits per heavy atom. The molecule has 0 bridgehead atoms. The monoisotopic (exact) mass is 325 g/mol. The number of benzene rings is 1. The maximum Gasteiger partial charge on any atom is 0.319 e. The van der Waals surface area contributed by atoms with Gasteiger partial charge in [-0.05, 0) is 30.7 Å². The van der Waals surface area contributed by atoms with E-state index >= 15 is 0 Å². The van der Waals surface area contributed by atoms with Crippen molar-refractivity contribution in [2.75, 3.05) is 38.6 Å². The third-order valence-electron chi connectivity index (χ3n) is 2.78. The van der Waals surface area contributed by atoms with E-state index in [1.807, 2.05) is 32.0 Å². The van der Waals surface area contributed by atoms with E-state index in [-0.39, 0.29) is 6.03 Å². The minimum absolute atomic E-state index is 0.285. The highest BCUT2D eigenvalue weighted by atomic mass is 16.5. The van der Waals surface area contributed by atoms with E-state index < -0.39 is 0 Å². The van der Waals surface area contributed by atoms with Gasteiger partial charge in [0.15, 0.2) is 0 Å². The number of nitrogens with two attached hydrogens (primary N) is 2. The lowest BCUT2D eigenvalue weighted by atomic mass is 10.2. The van der Waals surface area contributed by atoms with Crippen LogP contribution in [0.15, 0.2) is 18.2 Å². The third kappa shape index (κ3) is 9.02. The van der Waals surface area contributed by atoms with Crippen LogP contribution in [-0.4, -0.2) is 39.3 Å². The Labute approximate surface area is 139 Å². The van der Waals surface area contributed by atoms with E-state index in [1.54, 1.807) is 7.05 Å². The van der Waals surface area contributed by atoms with Crippen molar-refractivity contribution in [2.45, 2.75) is 26.8 Å². The fourth-order valence-corrected chi connectivity index (χ4v) is 1.68. The molecule has 1 aromatic rings. The van der Waals surface area contributed by atoms with Crippen molar-refractivity contribution in [1.29, 1.82) is 0 Å². The summed E-state index contributed by atoms with van der Waals surface area (Å²) in [5.41, 5.74) is 12.6. The van der Waals surface area contributed by atoms with Gasteiger partial charge >= 0.3 is 6.03 Å². The number of carbonyl (C=O) groups is 1. The van der Waals surface area contributed by atoms with Crippen molar-refractivity contribution in [3.05, 3.63) is 23.8 Å². The lowest BCUT2D eigenvalue weighted by Crippen LogP contribution is -2.25. The Morgan fingerprint density at radius 1 is 1.22 bits per heavy atom. The zero-order chi connectivity index (χ0) is 17.5. The van der Waals surface area contributed by atoms with Crippen LogP contribution in [-0.2, 0) is 6.54 Å². The van der Waals surface area contributed by atoms with Crippen LogP contribution in [0.4, 0.5) is 10.5 Å². The van der Waals surface area contributed by atoms with Crippen molar-refractivity contribution in [2.24, 2.45) is 11.5 Å². The van der Waals surface area contributed by atoms with E-state index in [4.69, 9.17) is 16.2 Å². The number of amides is 2. The highest BCUT2D eigenvalue weighted by Crippen LogP contribution is 2.26. The average molecular weight is 325 g/mol. The molecule has 0 unspecified atom stereocenters. The van der Waals surface area contributed by atoms with Gasteiger partial charge in [0, 0.05) is 26.7 Å². The highest BCUT2D eigenvalue weighted by Gasteiger charge is 2.08. The number of carbonyl (C=O) groups excluding carboxylic acids is 1. The SMILES string of the molecule is CC.CNC(=O)Nc1ccc(CNCCN)cc1OCCCN. The summed E-state index contributed by atoms with van der Waals surface area (Å²) in [5.74, 6) is 0.638. The van der Waals surface area contributed by atoms with E-state index in [0.29, 0.717) is 37.7 Å². The largest absolute Gasteiger partial charge is 0.491 e. The van der Waals surface area contributed by atoms with Gasteiger partial charge in [-0.25, -0.2) is 4.79 Å². The van der Waals surface area contributed by atoms with E-state index in [0.717, 1.165) is 18.5 Å². The number of hydrogen-bond acceptors (Lipinski definition) is 5. The maximum absolute atomic E-state index is 11.4. The third-order valence-corrected chi connectivity index (χ3v) is 2.78. The Balaban J connectivity index is 0.00000232. The van der Waals surface area contributed by atoms with Crippen molar-refractivity contribution >= 4 is 11.7 Å². The summed E-state index contributed by atoms with van der Waals surface area (Å²) < 4.78 is 5.69. The van der Waals surface area contributed by atoms with Crippen LogP contribution in [0.1, 0.15) is 25.8 Å². The molecule has 0 aliphatic carbocycles. The molecule has 2 amide bonds. The standard InChI is InChI=1S/C14H25N5O2.C2H6/c1-17-14(20)19-12-4-3-11(10-18-7-6-16)9-13(12)21-8-2-5-15;1-2/h3-4,9,18H,2,5-8,10,15-16H2,1H3,(H2,17,19,20);1-2H3. The molecule has 0 atom stereocenters. The number of hydrogen-bond donors (Lipinski definition) is 5. The molecule has 0 radical (unpaired) electrons. The number of ether oxygens (including phenoxy) is 1. The fourth-order valence-electron chi connectivity index (χ4n) is 1.68. The van der Waals surface area contributed by atoms with Gasteiger partial charge < -0.3 is 32.2 Å². The second-order valence-electron chi connectivity index (χ2n) is 4.49. The summed E-state index contributed by atoms with van der Waals surface area (Å²) in [6.07, 6.45) is 0.759. The first-order valence-electron chi connectivity index (χ1n) is 8.06. The predicted octanol–water partition coefficient (Wildman–Crippen LogP) is 1.24. The zero-order valence-corrected chi connectivity index (χ0v) is 14.4.